The van der Waals surface area contributed by atoms with Crippen molar-refractivity contribution in [3.8, 4) is 0 Å². The minimum Gasteiger partial charge on any atom is -0.465 e. The number of benzene rings is 1. The van der Waals surface area contributed by atoms with Crippen LogP contribution >= 0.6 is 27.7 Å². The molecule has 0 amide bonds. The van der Waals surface area contributed by atoms with Crippen LogP contribution in [0.5, 0.6) is 0 Å². The predicted octanol–water partition coefficient (Wildman–Crippen LogP) is 3.21. The molecular weight excluding hydrogens is 314 g/mol. The molecule has 1 rings (SSSR count). The van der Waals surface area contributed by atoms with Crippen molar-refractivity contribution >= 4 is 33.7 Å². The number of thioether (sulfide) groups is 1. The van der Waals surface area contributed by atoms with Gasteiger partial charge in [0.1, 0.15) is 5.54 Å². The number of carbonyl (C=O) groups is 1. The lowest BCUT2D eigenvalue weighted by Crippen LogP contribution is -2.46. The van der Waals surface area contributed by atoms with Crippen molar-refractivity contribution in [2.45, 2.75) is 30.7 Å². The summed E-state index contributed by atoms with van der Waals surface area (Å²) in [6.45, 7) is 3.86. The first-order valence-electron chi connectivity index (χ1n) is 5.80. The maximum Gasteiger partial charge on any atom is 0.325 e. The van der Waals surface area contributed by atoms with Crippen molar-refractivity contribution < 1.29 is 9.53 Å². The lowest BCUT2D eigenvalue weighted by Gasteiger charge is -2.21. The molecule has 100 valence electrons. The number of nitrogens with two attached hydrogens (primary N) is 1. The summed E-state index contributed by atoms with van der Waals surface area (Å²) >= 11 is 5.07. The molecule has 0 aliphatic carbocycles. The van der Waals surface area contributed by atoms with Gasteiger partial charge in [0.05, 0.1) is 6.61 Å². The van der Waals surface area contributed by atoms with Gasteiger partial charge in [-0.25, -0.2) is 0 Å². The van der Waals surface area contributed by atoms with E-state index in [0.29, 0.717) is 13.0 Å². The van der Waals surface area contributed by atoms with E-state index in [0.717, 1.165) is 15.1 Å². The second-order valence-electron chi connectivity index (χ2n) is 4.19. The quantitative estimate of drug-likeness (QED) is 0.642. The Kier molecular flexibility index (Phi) is 6.18. The summed E-state index contributed by atoms with van der Waals surface area (Å²) in [5.74, 6) is 0.453. The van der Waals surface area contributed by atoms with E-state index >= 15 is 0 Å². The predicted molar refractivity (Wildman–Crippen MR) is 78.7 cm³/mol. The maximum atomic E-state index is 11.6. The van der Waals surface area contributed by atoms with Crippen molar-refractivity contribution in [2.24, 2.45) is 5.73 Å². The Bertz CT molecular complexity index is 392. The molecule has 3 nitrogen and oxygen atoms in total. The molecule has 5 heteroatoms. The van der Waals surface area contributed by atoms with Crippen LogP contribution < -0.4 is 5.73 Å². The summed E-state index contributed by atoms with van der Waals surface area (Å²) in [7, 11) is 0. The molecule has 0 bridgehead atoms. The molecule has 0 aliphatic rings. The fraction of sp³-hybridized carbons (Fsp3) is 0.462. The van der Waals surface area contributed by atoms with Crippen molar-refractivity contribution in [1.29, 1.82) is 0 Å². The Morgan fingerprint density at radius 1 is 1.44 bits per heavy atom. The summed E-state index contributed by atoms with van der Waals surface area (Å²) in [6.07, 6.45) is 0.590. The summed E-state index contributed by atoms with van der Waals surface area (Å²) < 4.78 is 6.00. The third-order valence-corrected chi connectivity index (χ3v) is 3.99. The Morgan fingerprint density at radius 3 is 2.61 bits per heavy atom. The first-order valence-corrected chi connectivity index (χ1v) is 7.58. The molecule has 1 atom stereocenters. The van der Waals surface area contributed by atoms with Gasteiger partial charge in [-0.1, -0.05) is 15.9 Å². The summed E-state index contributed by atoms with van der Waals surface area (Å²) in [5.41, 5.74) is 5.03. The lowest BCUT2D eigenvalue weighted by molar-refractivity contribution is -0.149. The summed E-state index contributed by atoms with van der Waals surface area (Å²) in [6, 6.07) is 8.06. The monoisotopic (exact) mass is 331 g/mol. The van der Waals surface area contributed by atoms with Gasteiger partial charge < -0.3 is 10.5 Å². The van der Waals surface area contributed by atoms with Crippen molar-refractivity contribution in [2.75, 3.05) is 12.4 Å². The minimum atomic E-state index is -0.904. The average Bonchev–Trinajstić information content (AvgIpc) is 2.32. The Morgan fingerprint density at radius 2 is 2.06 bits per heavy atom. The zero-order chi connectivity index (χ0) is 13.6. The van der Waals surface area contributed by atoms with Crippen LogP contribution in [0, 0.1) is 0 Å². The Balaban J connectivity index is 2.41. The van der Waals surface area contributed by atoms with Gasteiger partial charge >= 0.3 is 5.97 Å². The number of esters is 1. The van der Waals surface area contributed by atoms with Crippen molar-refractivity contribution in [1.82, 2.24) is 0 Å². The molecule has 0 saturated heterocycles. The van der Waals surface area contributed by atoms with Gasteiger partial charge in [-0.2, -0.15) is 0 Å². The van der Waals surface area contributed by atoms with Crippen LogP contribution in [0.25, 0.3) is 0 Å². The molecule has 0 saturated carbocycles. The molecule has 0 aromatic heterocycles. The van der Waals surface area contributed by atoms with Gasteiger partial charge in [-0.05, 0) is 44.5 Å². The molecule has 0 spiro atoms. The number of rotatable bonds is 6. The molecule has 0 fully saturated rings. The van der Waals surface area contributed by atoms with Gasteiger partial charge in [-0.3, -0.25) is 4.79 Å². The van der Waals surface area contributed by atoms with E-state index in [1.807, 2.05) is 24.3 Å². The van der Waals surface area contributed by atoms with Crippen LogP contribution in [-0.2, 0) is 9.53 Å². The van der Waals surface area contributed by atoms with E-state index in [-0.39, 0.29) is 5.97 Å². The van der Waals surface area contributed by atoms with Crippen molar-refractivity contribution in [3.63, 3.8) is 0 Å². The van der Waals surface area contributed by atoms with E-state index in [9.17, 15) is 4.79 Å². The van der Waals surface area contributed by atoms with Gasteiger partial charge in [0.25, 0.3) is 0 Å². The lowest BCUT2D eigenvalue weighted by atomic mass is 10.0. The number of hydrogen-bond acceptors (Lipinski definition) is 4. The molecule has 1 unspecified atom stereocenters. The summed E-state index contributed by atoms with van der Waals surface area (Å²) in [5, 5.41) is 0. The highest BCUT2D eigenvalue weighted by Crippen LogP contribution is 2.23. The highest BCUT2D eigenvalue weighted by Gasteiger charge is 2.29. The standard InChI is InChI=1S/C13H18BrNO2S/c1-3-17-12(16)13(2,15)8-9-18-11-6-4-10(14)5-7-11/h4-7H,3,8-9,15H2,1-2H3. The number of halogens is 1. The zero-order valence-electron chi connectivity index (χ0n) is 10.6. The molecule has 1 aromatic carbocycles. The molecule has 0 aliphatic heterocycles. The summed E-state index contributed by atoms with van der Waals surface area (Å²) in [4.78, 5) is 12.8. The van der Waals surface area contributed by atoms with E-state index in [2.05, 4.69) is 15.9 Å². The molecule has 0 radical (unpaired) electrons. The normalized spacial score (nSPS) is 14.0. The van der Waals surface area contributed by atoms with Crippen LogP contribution in [0.15, 0.2) is 33.6 Å². The number of ether oxygens (including phenoxy) is 1. The second kappa shape index (κ2) is 7.16. The first kappa shape index (κ1) is 15.5. The highest BCUT2D eigenvalue weighted by atomic mass is 79.9. The smallest absolute Gasteiger partial charge is 0.325 e. The van der Waals surface area contributed by atoms with E-state index in [1.165, 1.54) is 0 Å². The fourth-order valence-corrected chi connectivity index (χ4v) is 2.66. The molecular formula is C13H18BrNO2S. The molecule has 18 heavy (non-hydrogen) atoms. The van der Waals surface area contributed by atoms with Crippen LogP contribution in [0.1, 0.15) is 20.3 Å². The fourth-order valence-electron chi connectivity index (χ4n) is 1.31. The van der Waals surface area contributed by atoms with Gasteiger partial charge in [0, 0.05) is 15.1 Å². The highest BCUT2D eigenvalue weighted by molar-refractivity contribution is 9.10. The molecule has 0 heterocycles. The minimum absolute atomic E-state index is 0.332. The topological polar surface area (TPSA) is 52.3 Å². The zero-order valence-corrected chi connectivity index (χ0v) is 13.0. The van der Waals surface area contributed by atoms with Crippen LogP contribution in [0.3, 0.4) is 0 Å². The molecule has 1 aromatic rings. The van der Waals surface area contributed by atoms with Crippen LogP contribution in [0.4, 0.5) is 0 Å². The maximum absolute atomic E-state index is 11.6. The second-order valence-corrected chi connectivity index (χ2v) is 6.27. The third kappa shape index (κ3) is 5.00. The van der Waals surface area contributed by atoms with Crippen molar-refractivity contribution in [3.05, 3.63) is 28.7 Å². The Labute approximate surface area is 121 Å². The van der Waals surface area contributed by atoms with E-state index in [1.54, 1.807) is 25.6 Å². The van der Waals surface area contributed by atoms with E-state index < -0.39 is 5.54 Å². The SMILES string of the molecule is CCOC(=O)C(C)(N)CCSc1ccc(Br)cc1. The average molecular weight is 332 g/mol. The van der Waals surface area contributed by atoms with Crippen LogP contribution in [0.2, 0.25) is 0 Å². The van der Waals surface area contributed by atoms with Gasteiger partial charge in [0.15, 0.2) is 0 Å². The molecule has 2 N–H and O–H groups in total. The largest absolute Gasteiger partial charge is 0.465 e. The van der Waals surface area contributed by atoms with Gasteiger partial charge in [-0.15, -0.1) is 11.8 Å². The number of hydrogen-bond donors (Lipinski definition) is 1. The first-order chi connectivity index (χ1) is 8.45. The van der Waals surface area contributed by atoms with Crippen LogP contribution in [-0.4, -0.2) is 23.9 Å². The van der Waals surface area contributed by atoms with E-state index in [4.69, 9.17) is 10.5 Å². The third-order valence-electron chi connectivity index (χ3n) is 2.45. The Hall–Kier alpha value is -0.520. The van der Waals surface area contributed by atoms with Gasteiger partial charge in [0.2, 0.25) is 0 Å². The number of carbonyl (C=O) groups excluding carboxylic acids is 1.